The molecule has 0 unspecified atom stereocenters. The first-order valence-electron chi connectivity index (χ1n) is 7.00. The fourth-order valence-corrected chi connectivity index (χ4v) is 2.55. The molecule has 1 heterocycles. The number of carbonyl (C=O) groups is 1. The Morgan fingerprint density at radius 3 is 2.41 bits per heavy atom. The van der Waals surface area contributed by atoms with Gasteiger partial charge < -0.3 is 5.11 Å². The highest BCUT2D eigenvalue weighted by atomic mass is 16.4. The van der Waals surface area contributed by atoms with Crippen molar-refractivity contribution < 1.29 is 9.90 Å². The number of rotatable bonds is 3. The highest BCUT2D eigenvalue weighted by molar-refractivity contribution is 5.87. The first-order valence-corrected chi connectivity index (χ1v) is 7.00. The number of hydrogen-bond acceptors (Lipinski definition) is 2. The molecule has 2 aromatic carbocycles. The van der Waals surface area contributed by atoms with Crippen LogP contribution in [-0.2, 0) is 7.05 Å². The summed E-state index contributed by atoms with van der Waals surface area (Å²) in [6.45, 7) is 2.07. The molecule has 1 aromatic heterocycles. The van der Waals surface area contributed by atoms with Crippen LogP contribution in [-0.4, -0.2) is 20.9 Å². The molecule has 0 aliphatic rings. The van der Waals surface area contributed by atoms with Crippen molar-refractivity contribution >= 4 is 5.97 Å². The van der Waals surface area contributed by atoms with Crippen molar-refractivity contribution in [3.05, 3.63) is 65.9 Å². The maximum Gasteiger partial charge on any atom is 0.356 e. The molecule has 3 aromatic rings. The van der Waals surface area contributed by atoms with Crippen LogP contribution >= 0.6 is 0 Å². The summed E-state index contributed by atoms with van der Waals surface area (Å²) in [5.41, 5.74) is 5.25. The minimum atomic E-state index is -1.02. The Labute approximate surface area is 128 Å². The molecule has 3 rings (SSSR count). The molecule has 4 nitrogen and oxygen atoms in total. The third kappa shape index (κ3) is 2.51. The number of carboxylic acid groups (broad SMARTS) is 1. The number of hydrogen-bond donors (Lipinski definition) is 1. The number of aromatic nitrogens is 2. The smallest absolute Gasteiger partial charge is 0.356 e. The topological polar surface area (TPSA) is 55.1 Å². The second kappa shape index (κ2) is 5.48. The zero-order valence-corrected chi connectivity index (χ0v) is 12.4. The molecule has 0 saturated heterocycles. The van der Waals surface area contributed by atoms with Crippen LogP contribution in [0.2, 0.25) is 0 Å². The van der Waals surface area contributed by atoms with Crippen molar-refractivity contribution in [3.8, 4) is 22.4 Å². The maximum absolute atomic E-state index is 11.1. The van der Waals surface area contributed by atoms with Gasteiger partial charge in [-0.3, -0.25) is 4.68 Å². The van der Waals surface area contributed by atoms with E-state index >= 15 is 0 Å². The highest BCUT2D eigenvalue weighted by Crippen LogP contribution is 2.29. The SMILES string of the molecule is Cc1ccc(-c2cc(C(=O)O)nn2C)cc1-c1ccccc1. The number of aryl methyl sites for hydroxylation is 2. The first-order chi connectivity index (χ1) is 10.6. The second-order valence-corrected chi connectivity index (χ2v) is 5.24. The summed E-state index contributed by atoms with van der Waals surface area (Å²) in [7, 11) is 1.75. The van der Waals surface area contributed by atoms with E-state index in [1.165, 1.54) is 5.56 Å². The molecule has 0 radical (unpaired) electrons. The predicted molar refractivity (Wildman–Crippen MR) is 85.8 cm³/mol. The van der Waals surface area contributed by atoms with Gasteiger partial charge in [0.1, 0.15) is 0 Å². The summed E-state index contributed by atoms with van der Waals surface area (Å²) < 4.78 is 1.60. The second-order valence-electron chi connectivity index (χ2n) is 5.24. The molecule has 0 bridgehead atoms. The minimum absolute atomic E-state index is 0.0549. The molecule has 110 valence electrons. The van der Waals surface area contributed by atoms with Gasteiger partial charge in [-0.05, 0) is 35.7 Å². The molecular weight excluding hydrogens is 276 g/mol. The Balaban J connectivity index is 2.12. The van der Waals surface area contributed by atoms with Crippen LogP contribution in [0.5, 0.6) is 0 Å². The van der Waals surface area contributed by atoms with Gasteiger partial charge in [-0.2, -0.15) is 5.10 Å². The van der Waals surface area contributed by atoms with E-state index in [0.29, 0.717) is 0 Å². The average Bonchev–Trinajstić information content (AvgIpc) is 2.91. The van der Waals surface area contributed by atoms with Gasteiger partial charge in [0.15, 0.2) is 5.69 Å². The van der Waals surface area contributed by atoms with Crippen LogP contribution in [0.4, 0.5) is 0 Å². The molecule has 1 N–H and O–H groups in total. The fourth-order valence-electron chi connectivity index (χ4n) is 2.55. The third-order valence-corrected chi connectivity index (χ3v) is 3.72. The Kier molecular flexibility index (Phi) is 3.51. The van der Waals surface area contributed by atoms with Crippen LogP contribution in [0.3, 0.4) is 0 Å². The lowest BCUT2D eigenvalue weighted by Gasteiger charge is -2.09. The standard InChI is InChI=1S/C18H16N2O2/c1-12-8-9-14(10-15(12)13-6-4-3-5-7-13)17-11-16(18(21)22)19-20(17)2/h3-11H,1-2H3,(H,21,22). The van der Waals surface area contributed by atoms with Crippen LogP contribution in [0.15, 0.2) is 54.6 Å². The summed E-state index contributed by atoms with van der Waals surface area (Å²) in [4.78, 5) is 11.1. The quantitative estimate of drug-likeness (QED) is 0.799. The summed E-state index contributed by atoms with van der Waals surface area (Å²) in [6.07, 6.45) is 0. The van der Waals surface area contributed by atoms with E-state index in [2.05, 4.69) is 30.2 Å². The van der Waals surface area contributed by atoms with Gasteiger partial charge in [0, 0.05) is 12.6 Å². The van der Waals surface area contributed by atoms with Crippen molar-refractivity contribution in [1.82, 2.24) is 9.78 Å². The lowest BCUT2D eigenvalue weighted by molar-refractivity contribution is 0.0689. The molecule has 4 heteroatoms. The van der Waals surface area contributed by atoms with E-state index in [1.54, 1.807) is 17.8 Å². The van der Waals surface area contributed by atoms with Gasteiger partial charge in [0.2, 0.25) is 0 Å². The third-order valence-electron chi connectivity index (χ3n) is 3.72. The van der Waals surface area contributed by atoms with Gasteiger partial charge in [-0.1, -0.05) is 42.5 Å². The molecule has 22 heavy (non-hydrogen) atoms. The predicted octanol–water partition coefficient (Wildman–Crippen LogP) is 3.76. The average molecular weight is 292 g/mol. The van der Waals surface area contributed by atoms with Gasteiger partial charge in [0.05, 0.1) is 5.69 Å². The largest absolute Gasteiger partial charge is 0.476 e. The Bertz CT molecular complexity index is 836. The van der Waals surface area contributed by atoms with Crippen LogP contribution < -0.4 is 0 Å². The Hall–Kier alpha value is -2.88. The van der Waals surface area contributed by atoms with Crippen molar-refractivity contribution in [2.45, 2.75) is 6.92 Å². The number of benzene rings is 2. The van der Waals surface area contributed by atoms with E-state index in [0.717, 1.165) is 22.4 Å². The summed E-state index contributed by atoms with van der Waals surface area (Å²) in [5, 5.41) is 13.1. The zero-order chi connectivity index (χ0) is 15.7. The molecule has 0 aliphatic carbocycles. The summed E-state index contributed by atoms with van der Waals surface area (Å²) >= 11 is 0. The van der Waals surface area contributed by atoms with E-state index in [1.807, 2.05) is 30.3 Å². The van der Waals surface area contributed by atoms with Crippen molar-refractivity contribution in [2.75, 3.05) is 0 Å². The molecule has 0 saturated carbocycles. The molecule has 0 amide bonds. The zero-order valence-electron chi connectivity index (χ0n) is 12.4. The molecule has 0 spiro atoms. The summed E-state index contributed by atoms with van der Waals surface area (Å²) in [6, 6.07) is 17.9. The lowest BCUT2D eigenvalue weighted by Crippen LogP contribution is -1.99. The Morgan fingerprint density at radius 2 is 1.77 bits per heavy atom. The number of nitrogens with zero attached hydrogens (tertiary/aromatic N) is 2. The molecule has 0 fully saturated rings. The van der Waals surface area contributed by atoms with Crippen molar-refractivity contribution in [3.63, 3.8) is 0 Å². The van der Waals surface area contributed by atoms with E-state index < -0.39 is 5.97 Å². The normalized spacial score (nSPS) is 10.6. The highest BCUT2D eigenvalue weighted by Gasteiger charge is 2.13. The van der Waals surface area contributed by atoms with Crippen LogP contribution in [0.1, 0.15) is 16.1 Å². The minimum Gasteiger partial charge on any atom is -0.476 e. The lowest BCUT2D eigenvalue weighted by atomic mass is 9.97. The van der Waals surface area contributed by atoms with Crippen molar-refractivity contribution in [1.29, 1.82) is 0 Å². The van der Waals surface area contributed by atoms with E-state index in [9.17, 15) is 4.79 Å². The first kappa shape index (κ1) is 14.1. The van der Waals surface area contributed by atoms with Crippen molar-refractivity contribution in [2.24, 2.45) is 7.05 Å². The van der Waals surface area contributed by atoms with Crippen LogP contribution in [0.25, 0.3) is 22.4 Å². The van der Waals surface area contributed by atoms with Gasteiger partial charge in [0.25, 0.3) is 0 Å². The molecule has 0 atom stereocenters. The number of carboxylic acids is 1. The molecule has 0 aliphatic heterocycles. The number of aromatic carboxylic acids is 1. The fraction of sp³-hybridized carbons (Fsp3) is 0.111. The monoisotopic (exact) mass is 292 g/mol. The van der Waals surface area contributed by atoms with Gasteiger partial charge >= 0.3 is 5.97 Å². The van der Waals surface area contributed by atoms with E-state index in [4.69, 9.17) is 5.11 Å². The maximum atomic E-state index is 11.1. The molecular formula is C18H16N2O2. The van der Waals surface area contributed by atoms with Gasteiger partial charge in [-0.15, -0.1) is 0 Å². The van der Waals surface area contributed by atoms with Crippen LogP contribution in [0, 0.1) is 6.92 Å². The van der Waals surface area contributed by atoms with E-state index in [-0.39, 0.29) is 5.69 Å². The Morgan fingerprint density at radius 1 is 1.05 bits per heavy atom. The van der Waals surface area contributed by atoms with Gasteiger partial charge in [-0.25, -0.2) is 4.79 Å². The summed E-state index contributed by atoms with van der Waals surface area (Å²) in [5.74, 6) is -1.02.